The van der Waals surface area contributed by atoms with E-state index in [1.54, 1.807) is 24.3 Å². The van der Waals surface area contributed by atoms with Crippen molar-refractivity contribution >= 4 is 51.2 Å². The van der Waals surface area contributed by atoms with Crippen molar-refractivity contribution in [2.75, 3.05) is 7.11 Å². The first kappa shape index (κ1) is 34.1. The second-order valence-electron chi connectivity index (χ2n) is 9.91. The number of methoxy groups -OCH3 is 1. The molecule has 2 aromatic heterocycles. The number of aromatic carboxylic acids is 2. The van der Waals surface area contributed by atoms with Crippen LogP contribution in [0.3, 0.4) is 0 Å². The second-order valence-corrected chi connectivity index (χ2v) is 10.9. The van der Waals surface area contributed by atoms with Crippen molar-refractivity contribution in [1.29, 1.82) is 0 Å². The van der Waals surface area contributed by atoms with E-state index in [0.717, 1.165) is 35.8 Å². The van der Waals surface area contributed by atoms with E-state index in [2.05, 4.69) is 9.72 Å². The number of carboxylic acids is 3. The number of aromatic hydroxyl groups is 1. The summed E-state index contributed by atoms with van der Waals surface area (Å²) in [6, 6.07) is 17.8. The van der Waals surface area contributed by atoms with E-state index < -0.39 is 30.2 Å². The number of unbranched alkanes of at least 4 members (excludes halogenated alkanes) is 1. The Morgan fingerprint density at radius 1 is 0.957 bits per heavy atom. The highest BCUT2D eigenvalue weighted by molar-refractivity contribution is 7.18. The summed E-state index contributed by atoms with van der Waals surface area (Å²) in [5.41, 5.74) is 1.99. The first-order valence-corrected chi connectivity index (χ1v) is 14.7. The zero-order chi connectivity index (χ0) is 34.2. The van der Waals surface area contributed by atoms with E-state index in [-0.39, 0.29) is 39.3 Å². The van der Waals surface area contributed by atoms with Gasteiger partial charge in [-0.2, -0.15) is 0 Å². The minimum atomic E-state index is -1.35. The van der Waals surface area contributed by atoms with Crippen LogP contribution in [0.5, 0.6) is 11.5 Å². The number of aliphatic hydroxyl groups is 1. The molecule has 0 saturated carbocycles. The first-order valence-electron chi connectivity index (χ1n) is 13.9. The number of hydrogen-bond donors (Lipinski definition) is 5. The zero-order valence-electron chi connectivity index (χ0n) is 24.7. The third kappa shape index (κ3) is 8.08. The Morgan fingerprint density at radius 3 is 2.36 bits per heavy atom. The van der Waals surface area contributed by atoms with Crippen LogP contribution in [0.25, 0.3) is 16.0 Å². The fourth-order valence-corrected chi connectivity index (χ4v) is 5.46. The third-order valence-electron chi connectivity index (χ3n) is 6.78. The number of phenolic OH excluding ortho intramolecular Hbond substituents is 1. The average molecular weight is 665 g/mol. The van der Waals surface area contributed by atoms with Crippen LogP contribution in [0.15, 0.2) is 71.5 Å². The topological polar surface area (TPSA) is 222 Å². The number of aromatic nitrogens is 2. The van der Waals surface area contributed by atoms with Gasteiger partial charge in [0.1, 0.15) is 4.88 Å². The number of aryl methyl sites for hydroxylation is 1. The highest BCUT2D eigenvalue weighted by atomic mass is 32.1. The maximum Gasteiger partial charge on any atom is 0.346 e. The second kappa shape index (κ2) is 15.0. The molecule has 0 spiro atoms. The molecule has 3 heterocycles. The number of carbonyl (C=O) groups is 4. The quantitative estimate of drug-likeness (QED) is 0.115. The predicted molar refractivity (Wildman–Crippen MR) is 167 cm³/mol. The third-order valence-corrected chi connectivity index (χ3v) is 7.75. The van der Waals surface area contributed by atoms with Crippen LogP contribution in [0.1, 0.15) is 67.1 Å². The van der Waals surface area contributed by atoms with Crippen LogP contribution < -0.4 is 10.3 Å². The van der Waals surface area contributed by atoms with Crippen LogP contribution >= 0.6 is 11.3 Å². The number of carbonyl (C=O) groups excluding carboxylic acids is 1. The van der Waals surface area contributed by atoms with Crippen LogP contribution in [-0.2, 0) is 16.0 Å². The number of nitrogens with zero attached hydrogens (tertiary/aromatic N) is 2. The molecule has 1 aliphatic rings. The highest BCUT2D eigenvalue weighted by Gasteiger charge is 2.33. The lowest BCUT2D eigenvalue weighted by molar-refractivity contribution is -0.137. The van der Waals surface area contributed by atoms with Crippen molar-refractivity contribution in [3.63, 3.8) is 0 Å². The molecule has 5 N–H and O–H groups in total. The molecule has 0 fully saturated rings. The number of aliphatic hydroxyl groups excluding tert-OH is 1. The molecule has 0 bridgehead atoms. The SMILES string of the molecule is COc1ccc(CCCCC(=O)O)cc1O.O=C(O)c1cc(=O)n2c(nc3ccccc32)s1.O=C(O)c1cccc2c1C(=O)OC2O. The molecule has 14 nitrogen and oxygen atoms in total. The van der Waals surface area contributed by atoms with Gasteiger partial charge in [0.2, 0.25) is 6.29 Å². The molecule has 6 rings (SSSR count). The molecular weight excluding hydrogens is 636 g/mol. The molecule has 0 aliphatic carbocycles. The number of benzene rings is 3. The number of esters is 1. The smallest absolute Gasteiger partial charge is 0.346 e. The Labute approximate surface area is 269 Å². The standard InChI is InChI=1S/C12H16O4.C11H6N2O3S.C9H6O5/c1-16-11-7-6-9(8-10(11)13)4-2-3-5-12(14)15;14-9-5-8(10(15)16)17-11-12-6-3-1-2-4-7(6)13(9)11;10-7(11)4-2-1-3-5-6(4)9(13)14-8(5)12/h6-8,13H,2-5H2,1H3,(H,14,15);1-5H,(H,15,16);1-3,8,12H,(H,10,11). The van der Waals surface area contributed by atoms with Gasteiger partial charge in [0.15, 0.2) is 16.5 Å². The lowest BCUT2D eigenvalue weighted by Gasteiger charge is -2.05. The molecule has 1 atom stereocenters. The van der Waals surface area contributed by atoms with Crippen molar-refractivity contribution in [3.8, 4) is 11.5 Å². The molecule has 47 heavy (non-hydrogen) atoms. The monoisotopic (exact) mass is 664 g/mol. The predicted octanol–water partition coefficient (Wildman–Crippen LogP) is 4.35. The van der Waals surface area contributed by atoms with E-state index in [1.807, 2.05) is 18.2 Å². The fraction of sp³-hybridized carbons (Fsp3) is 0.188. The Kier molecular flexibility index (Phi) is 10.9. The number of ether oxygens (including phenoxy) is 2. The Bertz CT molecular complexity index is 2030. The summed E-state index contributed by atoms with van der Waals surface area (Å²) in [5.74, 6) is -3.31. The van der Waals surface area contributed by atoms with Gasteiger partial charge in [-0.3, -0.25) is 14.0 Å². The van der Waals surface area contributed by atoms with Gasteiger partial charge < -0.3 is 35.0 Å². The zero-order valence-corrected chi connectivity index (χ0v) is 25.5. The molecule has 5 aromatic rings. The van der Waals surface area contributed by atoms with Gasteiger partial charge in [-0.1, -0.05) is 41.7 Å². The maximum atomic E-state index is 11.8. The summed E-state index contributed by atoms with van der Waals surface area (Å²) in [6.07, 6.45) is 1.07. The van der Waals surface area contributed by atoms with Gasteiger partial charge in [-0.15, -0.1) is 0 Å². The highest BCUT2D eigenvalue weighted by Crippen LogP contribution is 2.31. The van der Waals surface area contributed by atoms with Crippen molar-refractivity contribution in [2.45, 2.75) is 32.0 Å². The summed E-state index contributed by atoms with van der Waals surface area (Å²) in [4.78, 5) is 59.5. The van der Waals surface area contributed by atoms with E-state index in [4.69, 9.17) is 20.1 Å². The van der Waals surface area contributed by atoms with Crippen molar-refractivity contribution < 1.29 is 54.2 Å². The van der Waals surface area contributed by atoms with Crippen molar-refractivity contribution in [1.82, 2.24) is 9.38 Å². The number of cyclic esters (lactones) is 1. The largest absolute Gasteiger partial charge is 0.504 e. The van der Waals surface area contributed by atoms with Gasteiger partial charge in [0.25, 0.3) is 5.56 Å². The van der Waals surface area contributed by atoms with Gasteiger partial charge in [0.05, 0.1) is 29.3 Å². The van der Waals surface area contributed by atoms with Gasteiger partial charge >= 0.3 is 23.9 Å². The van der Waals surface area contributed by atoms with Crippen LogP contribution in [0.2, 0.25) is 0 Å². The minimum Gasteiger partial charge on any atom is -0.504 e. The Balaban J connectivity index is 0.000000160. The van der Waals surface area contributed by atoms with Crippen LogP contribution in [0.4, 0.5) is 0 Å². The van der Waals surface area contributed by atoms with Gasteiger partial charge in [0, 0.05) is 18.1 Å². The molecule has 0 saturated heterocycles. The normalized spacial score (nSPS) is 13.1. The Morgan fingerprint density at radius 2 is 1.70 bits per heavy atom. The summed E-state index contributed by atoms with van der Waals surface area (Å²) in [6.45, 7) is 0. The molecular formula is C32H28N2O12S. The molecule has 0 amide bonds. The number of fused-ring (bicyclic) bond motifs is 4. The number of carboxylic acid groups (broad SMARTS) is 3. The lowest BCUT2D eigenvalue weighted by atomic mass is 10.0. The summed E-state index contributed by atoms with van der Waals surface area (Å²) < 4.78 is 10.8. The molecule has 1 aliphatic heterocycles. The number of aliphatic carboxylic acids is 1. The average Bonchev–Trinajstić information content (AvgIpc) is 3.56. The minimum absolute atomic E-state index is 0.00203. The number of imidazole rings is 1. The van der Waals surface area contributed by atoms with Crippen LogP contribution in [-0.4, -0.2) is 65.9 Å². The van der Waals surface area contributed by atoms with E-state index in [0.29, 0.717) is 28.2 Å². The summed E-state index contributed by atoms with van der Waals surface area (Å²) in [5, 5.41) is 44.8. The van der Waals surface area contributed by atoms with Crippen molar-refractivity contribution in [2.24, 2.45) is 0 Å². The molecule has 1 unspecified atom stereocenters. The van der Waals surface area contributed by atoms with E-state index in [9.17, 15) is 34.2 Å². The number of para-hydroxylation sites is 2. The number of hydrogen-bond acceptors (Lipinski definition) is 11. The number of phenols is 1. The Hall–Kier alpha value is -5.80. The van der Waals surface area contributed by atoms with Gasteiger partial charge in [-0.25, -0.2) is 19.4 Å². The number of rotatable bonds is 8. The maximum absolute atomic E-state index is 11.8. The summed E-state index contributed by atoms with van der Waals surface area (Å²) >= 11 is 0.987. The molecule has 15 heteroatoms. The molecule has 3 aromatic carbocycles. The molecule has 244 valence electrons. The van der Waals surface area contributed by atoms with E-state index in [1.165, 1.54) is 29.7 Å². The van der Waals surface area contributed by atoms with Crippen LogP contribution in [0, 0.1) is 0 Å². The lowest BCUT2D eigenvalue weighted by Crippen LogP contribution is -2.12. The first-order chi connectivity index (χ1) is 22.4. The van der Waals surface area contributed by atoms with E-state index >= 15 is 0 Å². The van der Waals surface area contributed by atoms with Gasteiger partial charge in [-0.05, 0) is 55.2 Å². The fourth-order valence-electron chi connectivity index (χ4n) is 4.60. The molecule has 0 radical (unpaired) electrons. The summed E-state index contributed by atoms with van der Waals surface area (Å²) in [7, 11) is 1.50. The van der Waals surface area contributed by atoms with Crippen molar-refractivity contribution in [3.05, 3.63) is 104 Å².